The van der Waals surface area contributed by atoms with Crippen LogP contribution < -0.4 is 5.32 Å². The van der Waals surface area contributed by atoms with Gasteiger partial charge >= 0.3 is 0 Å². The van der Waals surface area contributed by atoms with Crippen molar-refractivity contribution in [1.29, 1.82) is 5.26 Å². The molecule has 0 aromatic heterocycles. The minimum atomic E-state index is -0.456. The zero-order chi connectivity index (χ0) is 11.4. The van der Waals surface area contributed by atoms with E-state index in [0.29, 0.717) is 5.69 Å². The Kier molecular flexibility index (Phi) is 3.87. The molecule has 1 N–H and O–H groups in total. The zero-order valence-corrected chi connectivity index (χ0v) is 9.81. The van der Waals surface area contributed by atoms with E-state index >= 15 is 0 Å². The Labute approximate surface area is 96.5 Å². The molecular formula is C11H10BrFN2. The van der Waals surface area contributed by atoms with E-state index < -0.39 is 5.82 Å². The van der Waals surface area contributed by atoms with Gasteiger partial charge in [0.1, 0.15) is 6.07 Å². The van der Waals surface area contributed by atoms with Crippen molar-refractivity contribution < 1.29 is 4.39 Å². The predicted octanol–water partition coefficient (Wildman–Crippen LogP) is 3.45. The Hall–Kier alpha value is -1.34. The molecule has 78 valence electrons. The zero-order valence-electron chi connectivity index (χ0n) is 8.22. The molecule has 0 aliphatic carbocycles. The Morgan fingerprint density at radius 2 is 2.33 bits per heavy atom. The second kappa shape index (κ2) is 4.94. The van der Waals surface area contributed by atoms with E-state index in [1.165, 1.54) is 0 Å². The topological polar surface area (TPSA) is 35.8 Å². The second-order valence-corrected chi connectivity index (χ2v) is 3.86. The first-order chi connectivity index (χ1) is 7.10. The summed E-state index contributed by atoms with van der Waals surface area (Å²) in [6, 6.07) is 4.97. The van der Waals surface area contributed by atoms with E-state index in [9.17, 15) is 4.39 Å². The minimum Gasteiger partial charge on any atom is -0.377 e. The van der Waals surface area contributed by atoms with Crippen LogP contribution in [0.15, 0.2) is 29.3 Å². The molecule has 0 bridgehead atoms. The van der Waals surface area contributed by atoms with Gasteiger partial charge in [-0.2, -0.15) is 5.26 Å². The van der Waals surface area contributed by atoms with E-state index in [2.05, 4.69) is 27.8 Å². The summed E-state index contributed by atoms with van der Waals surface area (Å²) in [5, 5.41) is 11.6. The summed E-state index contributed by atoms with van der Waals surface area (Å²) >= 11 is 3.04. The quantitative estimate of drug-likeness (QED) is 0.853. The van der Waals surface area contributed by atoms with E-state index in [-0.39, 0.29) is 16.1 Å². The lowest BCUT2D eigenvalue weighted by Gasteiger charge is -2.12. The van der Waals surface area contributed by atoms with Crippen molar-refractivity contribution in [1.82, 2.24) is 0 Å². The lowest BCUT2D eigenvalue weighted by molar-refractivity contribution is 0.622. The molecule has 1 aromatic carbocycles. The van der Waals surface area contributed by atoms with Crippen molar-refractivity contribution in [2.45, 2.75) is 13.0 Å². The van der Waals surface area contributed by atoms with Crippen LogP contribution in [0.25, 0.3) is 0 Å². The molecule has 0 saturated carbocycles. The van der Waals surface area contributed by atoms with Crippen molar-refractivity contribution in [2.24, 2.45) is 0 Å². The third-order valence-corrected chi connectivity index (χ3v) is 2.71. The van der Waals surface area contributed by atoms with E-state index in [0.717, 1.165) is 0 Å². The second-order valence-electron chi connectivity index (χ2n) is 3.07. The van der Waals surface area contributed by atoms with Crippen LogP contribution in [-0.2, 0) is 0 Å². The van der Waals surface area contributed by atoms with Gasteiger partial charge in [0.2, 0.25) is 0 Å². The number of nitriles is 1. The Morgan fingerprint density at radius 1 is 1.67 bits per heavy atom. The van der Waals surface area contributed by atoms with Gasteiger partial charge in [-0.15, -0.1) is 6.58 Å². The first kappa shape index (κ1) is 11.7. The van der Waals surface area contributed by atoms with Gasteiger partial charge in [-0.05, 0) is 35.0 Å². The van der Waals surface area contributed by atoms with E-state index in [4.69, 9.17) is 5.26 Å². The Balaban J connectivity index is 3.08. The minimum absolute atomic E-state index is 0.0284. The van der Waals surface area contributed by atoms with Crippen molar-refractivity contribution in [3.63, 3.8) is 0 Å². The molecule has 1 aromatic rings. The standard InChI is InChI=1S/C11H10BrFN2/c1-3-7(2)15-9-5-4-8(6-14)10(12)11(9)13/h3-5,7,15H,1H2,2H3. The summed E-state index contributed by atoms with van der Waals surface area (Å²) in [6.07, 6.45) is 1.67. The monoisotopic (exact) mass is 268 g/mol. The molecule has 0 fully saturated rings. The first-order valence-corrected chi connectivity index (χ1v) is 5.16. The Morgan fingerprint density at radius 3 is 2.87 bits per heavy atom. The maximum atomic E-state index is 13.7. The molecule has 1 atom stereocenters. The number of benzene rings is 1. The highest BCUT2D eigenvalue weighted by Crippen LogP contribution is 2.26. The number of nitrogens with zero attached hydrogens (tertiary/aromatic N) is 1. The highest BCUT2D eigenvalue weighted by Gasteiger charge is 2.11. The lowest BCUT2D eigenvalue weighted by Crippen LogP contribution is -2.12. The van der Waals surface area contributed by atoms with Gasteiger partial charge in [0, 0.05) is 6.04 Å². The van der Waals surface area contributed by atoms with Crippen molar-refractivity contribution in [3.05, 3.63) is 40.6 Å². The van der Waals surface area contributed by atoms with Crippen LogP contribution in [-0.4, -0.2) is 6.04 Å². The number of nitrogens with one attached hydrogen (secondary N) is 1. The van der Waals surface area contributed by atoms with Gasteiger partial charge < -0.3 is 5.32 Å². The molecule has 0 aliphatic rings. The van der Waals surface area contributed by atoms with Crippen LogP contribution in [0.5, 0.6) is 0 Å². The molecule has 0 radical (unpaired) electrons. The highest BCUT2D eigenvalue weighted by atomic mass is 79.9. The summed E-state index contributed by atoms with van der Waals surface area (Å²) < 4.78 is 13.8. The van der Waals surface area contributed by atoms with Gasteiger partial charge in [0.25, 0.3) is 0 Å². The number of anilines is 1. The average molecular weight is 269 g/mol. The molecule has 0 saturated heterocycles. The molecule has 1 unspecified atom stereocenters. The molecular weight excluding hydrogens is 259 g/mol. The van der Waals surface area contributed by atoms with Gasteiger partial charge in [-0.25, -0.2) is 4.39 Å². The highest BCUT2D eigenvalue weighted by molar-refractivity contribution is 9.10. The van der Waals surface area contributed by atoms with Crippen LogP contribution in [0, 0.1) is 17.1 Å². The summed E-state index contributed by atoms with van der Waals surface area (Å²) in [5.41, 5.74) is 0.637. The third-order valence-electron chi connectivity index (χ3n) is 1.94. The fourth-order valence-corrected chi connectivity index (χ4v) is 1.49. The van der Waals surface area contributed by atoms with Crippen molar-refractivity contribution in [3.8, 4) is 6.07 Å². The molecule has 15 heavy (non-hydrogen) atoms. The van der Waals surface area contributed by atoms with E-state index in [1.54, 1.807) is 18.2 Å². The van der Waals surface area contributed by atoms with Crippen LogP contribution in [0.2, 0.25) is 0 Å². The van der Waals surface area contributed by atoms with Crippen molar-refractivity contribution in [2.75, 3.05) is 5.32 Å². The third kappa shape index (κ3) is 2.57. The van der Waals surface area contributed by atoms with Gasteiger partial charge in [0.05, 0.1) is 15.7 Å². The number of rotatable bonds is 3. The summed E-state index contributed by atoms with van der Waals surface area (Å²) in [4.78, 5) is 0. The van der Waals surface area contributed by atoms with Crippen LogP contribution >= 0.6 is 15.9 Å². The van der Waals surface area contributed by atoms with Crippen LogP contribution in [0.4, 0.5) is 10.1 Å². The smallest absolute Gasteiger partial charge is 0.161 e. The molecule has 2 nitrogen and oxygen atoms in total. The maximum Gasteiger partial charge on any atom is 0.161 e. The maximum absolute atomic E-state index is 13.7. The van der Waals surface area contributed by atoms with Gasteiger partial charge in [0.15, 0.2) is 5.82 Å². The molecule has 1 rings (SSSR count). The predicted molar refractivity (Wildman–Crippen MR) is 62.1 cm³/mol. The van der Waals surface area contributed by atoms with Gasteiger partial charge in [-0.1, -0.05) is 6.08 Å². The molecule has 0 heterocycles. The largest absolute Gasteiger partial charge is 0.377 e. The fraction of sp³-hybridized carbons (Fsp3) is 0.182. The molecule has 4 heteroatoms. The number of hydrogen-bond acceptors (Lipinski definition) is 2. The van der Waals surface area contributed by atoms with Crippen LogP contribution in [0.3, 0.4) is 0 Å². The first-order valence-electron chi connectivity index (χ1n) is 4.37. The number of hydrogen-bond donors (Lipinski definition) is 1. The van der Waals surface area contributed by atoms with Crippen LogP contribution in [0.1, 0.15) is 12.5 Å². The van der Waals surface area contributed by atoms with Gasteiger partial charge in [-0.3, -0.25) is 0 Å². The SMILES string of the molecule is C=CC(C)Nc1ccc(C#N)c(Br)c1F. The summed E-state index contributed by atoms with van der Waals surface area (Å²) in [6.45, 7) is 5.45. The van der Waals surface area contributed by atoms with E-state index in [1.807, 2.05) is 13.0 Å². The van der Waals surface area contributed by atoms with Crippen molar-refractivity contribution >= 4 is 21.6 Å². The number of halogens is 2. The normalized spacial score (nSPS) is 11.6. The summed E-state index contributed by atoms with van der Waals surface area (Å²) in [7, 11) is 0. The Bertz CT molecular complexity index is 423. The lowest BCUT2D eigenvalue weighted by atomic mass is 10.2. The summed E-state index contributed by atoms with van der Waals surface area (Å²) in [5.74, 6) is -0.456. The fourth-order valence-electron chi connectivity index (χ4n) is 1.05. The molecule has 0 amide bonds. The average Bonchev–Trinajstić information content (AvgIpc) is 2.25. The molecule has 0 aliphatic heterocycles. The molecule has 0 spiro atoms.